The molecule has 4 rings (SSSR count). The number of aromatic amines is 1. The summed E-state index contributed by atoms with van der Waals surface area (Å²) in [6.07, 6.45) is 5.56. The molecule has 0 spiro atoms. The molecule has 5 nitrogen and oxygen atoms in total. The summed E-state index contributed by atoms with van der Waals surface area (Å²) in [7, 11) is 0. The number of H-pyrrole nitrogens is 1. The predicted octanol–water partition coefficient (Wildman–Crippen LogP) is 3.86. The second kappa shape index (κ2) is 8.03. The van der Waals surface area contributed by atoms with Crippen LogP contribution in [0.3, 0.4) is 0 Å². The lowest BCUT2D eigenvalue weighted by Crippen LogP contribution is -2.34. The van der Waals surface area contributed by atoms with Gasteiger partial charge >= 0.3 is 0 Å². The van der Waals surface area contributed by atoms with Crippen LogP contribution in [0.2, 0.25) is 5.02 Å². The van der Waals surface area contributed by atoms with Gasteiger partial charge in [0.1, 0.15) is 5.82 Å². The molecule has 1 N–H and O–H groups in total. The van der Waals surface area contributed by atoms with Gasteiger partial charge in [0.15, 0.2) is 0 Å². The van der Waals surface area contributed by atoms with E-state index in [1.165, 1.54) is 5.56 Å². The molecule has 138 valence electrons. The Kier molecular flexibility index (Phi) is 5.32. The van der Waals surface area contributed by atoms with E-state index in [0.717, 1.165) is 48.8 Å². The van der Waals surface area contributed by atoms with Crippen molar-refractivity contribution in [1.82, 2.24) is 19.9 Å². The number of nitrogens with one attached hydrogen (secondary N) is 1. The van der Waals surface area contributed by atoms with Gasteiger partial charge < -0.3 is 4.98 Å². The number of hydrogen-bond acceptors (Lipinski definition) is 4. The minimum Gasteiger partial charge on any atom is -0.306 e. The number of nitrogens with zero attached hydrogens (tertiary/aromatic N) is 3. The Morgan fingerprint density at radius 2 is 2.07 bits per heavy atom. The third-order valence-corrected chi connectivity index (χ3v) is 5.19. The van der Waals surface area contributed by atoms with Crippen molar-refractivity contribution in [3.05, 3.63) is 81.5 Å². The summed E-state index contributed by atoms with van der Waals surface area (Å²) in [5.74, 6) is 0.837. The van der Waals surface area contributed by atoms with Gasteiger partial charge in [0.25, 0.3) is 5.56 Å². The summed E-state index contributed by atoms with van der Waals surface area (Å²) in [5.41, 5.74) is 2.81. The Morgan fingerprint density at radius 1 is 1.22 bits per heavy atom. The molecule has 3 aromatic rings. The Hall–Kier alpha value is -2.50. The first kappa shape index (κ1) is 17.9. The molecule has 1 aliphatic rings. The predicted molar refractivity (Wildman–Crippen MR) is 107 cm³/mol. The van der Waals surface area contributed by atoms with Gasteiger partial charge in [0, 0.05) is 48.1 Å². The highest BCUT2D eigenvalue weighted by molar-refractivity contribution is 6.30. The lowest BCUT2D eigenvalue weighted by atomic mass is 9.94. The van der Waals surface area contributed by atoms with E-state index in [1.807, 2.05) is 24.3 Å². The van der Waals surface area contributed by atoms with E-state index in [0.29, 0.717) is 5.82 Å². The monoisotopic (exact) mass is 380 g/mol. The van der Waals surface area contributed by atoms with E-state index in [9.17, 15) is 4.79 Å². The first-order valence-corrected chi connectivity index (χ1v) is 9.53. The van der Waals surface area contributed by atoms with Gasteiger partial charge in [-0.15, -0.1) is 0 Å². The molecule has 1 fully saturated rings. The van der Waals surface area contributed by atoms with Crippen molar-refractivity contribution < 1.29 is 0 Å². The van der Waals surface area contributed by atoms with Gasteiger partial charge in [0.2, 0.25) is 0 Å². The van der Waals surface area contributed by atoms with Crippen molar-refractivity contribution in [3.63, 3.8) is 0 Å². The average Bonchev–Trinajstić information content (AvgIpc) is 2.70. The second-order valence-corrected chi connectivity index (χ2v) is 7.40. The van der Waals surface area contributed by atoms with Crippen molar-refractivity contribution in [2.75, 3.05) is 13.1 Å². The summed E-state index contributed by atoms with van der Waals surface area (Å²) < 4.78 is 0. The molecule has 2 aromatic heterocycles. The van der Waals surface area contributed by atoms with Crippen molar-refractivity contribution >= 4 is 11.6 Å². The van der Waals surface area contributed by atoms with E-state index < -0.39 is 0 Å². The van der Waals surface area contributed by atoms with E-state index in [2.05, 4.69) is 27.0 Å². The third kappa shape index (κ3) is 4.43. The molecule has 1 aromatic carbocycles. The van der Waals surface area contributed by atoms with Gasteiger partial charge in [-0.25, -0.2) is 4.98 Å². The van der Waals surface area contributed by atoms with Crippen molar-refractivity contribution in [2.24, 2.45) is 0 Å². The molecule has 0 bridgehead atoms. The molecule has 1 atom stereocenters. The maximum Gasteiger partial charge on any atom is 0.251 e. The largest absolute Gasteiger partial charge is 0.306 e. The molecule has 3 heterocycles. The smallest absolute Gasteiger partial charge is 0.251 e. The number of piperidine rings is 1. The zero-order valence-electron chi connectivity index (χ0n) is 14.9. The van der Waals surface area contributed by atoms with Crippen LogP contribution in [-0.2, 0) is 6.54 Å². The minimum absolute atomic E-state index is 0.117. The molecule has 0 saturated carbocycles. The van der Waals surface area contributed by atoms with Crippen LogP contribution < -0.4 is 5.56 Å². The number of likely N-dealkylation sites (tertiary alicyclic amines) is 1. The van der Waals surface area contributed by atoms with E-state index in [-0.39, 0.29) is 11.5 Å². The van der Waals surface area contributed by atoms with Crippen LogP contribution in [0.5, 0.6) is 0 Å². The fourth-order valence-corrected chi connectivity index (χ4v) is 3.74. The van der Waals surface area contributed by atoms with Crippen LogP contribution in [0.25, 0.3) is 11.4 Å². The molecule has 0 radical (unpaired) electrons. The first-order chi connectivity index (χ1) is 13.2. The van der Waals surface area contributed by atoms with Gasteiger partial charge in [-0.1, -0.05) is 23.7 Å². The SMILES string of the molecule is O=c1cc(C2CCCN(Cc3ccc(Cl)cc3)C2)nc(-c2cccnc2)[nH]1. The van der Waals surface area contributed by atoms with Crippen LogP contribution >= 0.6 is 11.6 Å². The molecule has 0 amide bonds. The first-order valence-electron chi connectivity index (χ1n) is 9.16. The Bertz CT molecular complexity index is 956. The van der Waals surface area contributed by atoms with E-state index in [4.69, 9.17) is 16.6 Å². The van der Waals surface area contributed by atoms with Crippen LogP contribution in [0.4, 0.5) is 0 Å². The highest BCUT2D eigenvalue weighted by Gasteiger charge is 2.23. The van der Waals surface area contributed by atoms with Crippen molar-refractivity contribution in [1.29, 1.82) is 0 Å². The lowest BCUT2D eigenvalue weighted by Gasteiger charge is -2.32. The van der Waals surface area contributed by atoms with Gasteiger partial charge in [0.05, 0.1) is 5.69 Å². The fraction of sp³-hybridized carbons (Fsp3) is 0.286. The van der Waals surface area contributed by atoms with Crippen molar-refractivity contribution in [2.45, 2.75) is 25.3 Å². The molecular formula is C21H21ClN4O. The Balaban J connectivity index is 1.53. The number of pyridine rings is 1. The molecule has 6 heteroatoms. The average molecular weight is 381 g/mol. The fourth-order valence-electron chi connectivity index (χ4n) is 3.61. The second-order valence-electron chi connectivity index (χ2n) is 6.96. The summed E-state index contributed by atoms with van der Waals surface area (Å²) in [6.45, 7) is 2.83. The summed E-state index contributed by atoms with van der Waals surface area (Å²) >= 11 is 5.98. The van der Waals surface area contributed by atoms with Crippen LogP contribution in [-0.4, -0.2) is 32.9 Å². The third-order valence-electron chi connectivity index (χ3n) is 4.94. The summed E-state index contributed by atoms with van der Waals surface area (Å²) in [6, 6.07) is 13.4. The maximum absolute atomic E-state index is 12.2. The topological polar surface area (TPSA) is 61.9 Å². The highest BCUT2D eigenvalue weighted by Crippen LogP contribution is 2.27. The molecule has 0 aliphatic carbocycles. The highest BCUT2D eigenvalue weighted by atomic mass is 35.5. The lowest BCUT2D eigenvalue weighted by molar-refractivity contribution is 0.198. The summed E-state index contributed by atoms with van der Waals surface area (Å²) in [4.78, 5) is 26.3. The Labute approximate surface area is 163 Å². The van der Waals surface area contributed by atoms with Crippen LogP contribution in [0, 0.1) is 0 Å². The van der Waals surface area contributed by atoms with Crippen molar-refractivity contribution in [3.8, 4) is 11.4 Å². The number of benzene rings is 1. The van der Waals surface area contributed by atoms with E-state index >= 15 is 0 Å². The normalized spacial score (nSPS) is 17.7. The zero-order chi connectivity index (χ0) is 18.6. The van der Waals surface area contributed by atoms with Gasteiger partial charge in [-0.2, -0.15) is 0 Å². The van der Waals surface area contributed by atoms with E-state index in [1.54, 1.807) is 18.5 Å². The molecule has 1 saturated heterocycles. The number of halogens is 1. The minimum atomic E-state index is -0.117. The zero-order valence-corrected chi connectivity index (χ0v) is 15.7. The molecular weight excluding hydrogens is 360 g/mol. The quantitative estimate of drug-likeness (QED) is 0.746. The Morgan fingerprint density at radius 3 is 2.85 bits per heavy atom. The molecule has 1 aliphatic heterocycles. The van der Waals surface area contributed by atoms with Gasteiger partial charge in [-0.3, -0.25) is 14.7 Å². The standard InChI is InChI=1S/C21H21ClN4O/c22-18-7-5-15(6-8-18)13-26-10-2-4-17(14-26)19-11-20(27)25-21(24-19)16-3-1-9-23-12-16/h1,3,5-9,11-12,17H,2,4,10,13-14H2,(H,24,25,27). The number of hydrogen-bond donors (Lipinski definition) is 1. The number of aromatic nitrogens is 3. The maximum atomic E-state index is 12.2. The molecule has 27 heavy (non-hydrogen) atoms. The summed E-state index contributed by atoms with van der Waals surface area (Å²) in [5, 5.41) is 0.755. The van der Waals surface area contributed by atoms with Crippen LogP contribution in [0.15, 0.2) is 59.7 Å². The molecule has 1 unspecified atom stereocenters. The van der Waals surface area contributed by atoms with Crippen LogP contribution in [0.1, 0.15) is 30.0 Å². The number of rotatable bonds is 4. The van der Waals surface area contributed by atoms with Gasteiger partial charge in [-0.05, 0) is 49.2 Å².